The van der Waals surface area contributed by atoms with E-state index in [2.05, 4.69) is 15.6 Å². The zero-order valence-corrected chi connectivity index (χ0v) is 17.2. The topological polar surface area (TPSA) is 86.8 Å². The number of benzene rings is 1. The number of hydrogen-bond donors (Lipinski definition) is 2. The Morgan fingerprint density at radius 2 is 1.93 bits per heavy atom. The molecule has 0 radical (unpaired) electrons. The van der Waals surface area contributed by atoms with E-state index in [-0.39, 0.29) is 18.5 Å². The van der Waals surface area contributed by atoms with Gasteiger partial charge in [-0.2, -0.15) is 0 Å². The molecule has 0 bridgehead atoms. The number of rotatable bonds is 5. The number of halogens is 1. The molecule has 1 saturated heterocycles. The summed E-state index contributed by atoms with van der Waals surface area (Å²) in [4.78, 5) is 31.5. The van der Waals surface area contributed by atoms with E-state index in [4.69, 9.17) is 4.74 Å². The van der Waals surface area contributed by atoms with Gasteiger partial charge in [-0.05, 0) is 32.0 Å². The highest BCUT2D eigenvalue weighted by atomic mass is 19.1. The molecule has 30 heavy (non-hydrogen) atoms. The van der Waals surface area contributed by atoms with Crippen molar-refractivity contribution in [2.24, 2.45) is 0 Å². The molecule has 1 aromatic carbocycles. The Labute approximate surface area is 175 Å². The van der Waals surface area contributed by atoms with Crippen LogP contribution in [0, 0.1) is 12.7 Å². The number of nitrogens with zero attached hydrogens (tertiary/aromatic N) is 3. The highest BCUT2D eigenvalue weighted by Crippen LogP contribution is 2.24. The van der Waals surface area contributed by atoms with Crippen molar-refractivity contribution >= 4 is 23.5 Å². The number of nitrogens with one attached hydrogen (secondary N) is 2. The van der Waals surface area contributed by atoms with Crippen LogP contribution in [-0.2, 0) is 11.3 Å². The standard InChI is InChI=1S/C21H26FN5O3/c1-3-30-21(29)27-11-9-26(10-12-27)18-6-4-5-16(19(18)22)13-24-20(28)25-17-8-7-15(2)23-14-17/h4-8,14H,3,9-13H2,1-2H3,(H2,24,25,28). The number of piperazine rings is 1. The average molecular weight is 415 g/mol. The molecule has 0 unspecified atom stereocenters. The summed E-state index contributed by atoms with van der Waals surface area (Å²) < 4.78 is 20.0. The molecule has 3 rings (SSSR count). The highest BCUT2D eigenvalue weighted by molar-refractivity contribution is 5.88. The van der Waals surface area contributed by atoms with Crippen LogP contribution in [0.15, 0.2) is 36.5 Å². The number of ether oxygens (including phenoxy) is 1. The zero-order valence-electron chi connectivity index (χ0n) is 17.2. The van der Waals surface area contributed by atoms with Crippen LogP contribution < -0.4 is 15.5 Å². The van der Waals surface area contributed by atoms with Crippen LogP contribution in [0.4, 0.5) is 25.4 Å². The van der Waals surface area contributed by atoms with Crippen molar-refractivity contribution in [2.45, 2.75) is 20.4 Å². The van der Waals surface area contributed by atoms with Gasteiger partial charge in [0.25, 0.3) is 0 Å². The number of aryl methyl sites for hydroxylation is 1. The van der Waals surface area contributed by atoms with Crippen LogP contribution in [0.2, 0.25) is 0 Å². The first-order valence-electron chi connectivity index (χ1n) is 9.89. The maximum Gasteiger partial charge on any atom is 0.409 e. The molecule has 0 aliphatic carbocycles. The van der Waals surface area contributed by atoms with Crippen LogP contribution in [0.25, 0.3) is 0 Å². The molecule has 0 atom stereocenters. The van der Waals surface area contributed by atoms with E-state index in [0.29, 0.717) is 49.7 Å². The number of urea groups is 1. The van der Waals surface area contributed by atoms with Gasteiger partial charge in [-0.3, -0.25) is 4.98 Å². The second kappa shape index (κ2) is 9.91. The Balaban J connectivity index is 1.56. The van der Waals surface area contributed by atoms with Crippen molar-refractivity contribution in [2.75, 3.05) is 43.0 Å². The van der Waals surface area contributed by atoms with Crippen LogP contribution in [0.3, 0.4) is 0 Å². The van der Waals surface area contributed by atoms with Gasteiger partial charge in [0, 0.05) is 44.0 Å². The van der Waals surface area contributed by atoms with Crippen molar-refractivity contribution < 1.29 is 18.7 Å². The molecule has 1 aliphatic rings. The maximum absolute atomic E-state index is 15.0. The lowest BCUT2D eigenvalue weighted by molar-refractivity contribution is 0.105. The molecule has 9 heteroatoms. The largest absolute Gasteiger partial charge is 0.450 e. The fourth-order valence-corrected chi connectivity index (χ4v) is 3.18. The Bertz CT molecular complexity index is 883. The molecule has 1 fully saturated rings. The molecule has 1 aliphatic heterocycles. The number of carbonyl (C=O) groups excluding carboxylic acids is 2. The van der Waals surface area contributed by atoms with Gasteiger partial charge < -0.3 is 25.2 Å². The summed E-state index contributed by atoms with van der Waals surface area (Å²) in [5.74, 6) is -0.376. The minimum Gasteiger partial charge on any atom is -0.450 e. The Morgan fingerprint density at radius 3 is 2.60 bits per heavy atom. The predicted molar refractivity (Wildman–Crippen MR) is 112 cm³/mol. The number of carbonyl (C=O) groups is 2. The molecule has 2 heterocycles. The number of hydrogen-bond acceptors (Lipinski definition) is 5. The Kier molecular flexibility index (Phi) is 7.05. The predicted octanol–water partition coefficient (Wildman–Crippen LogP) is 3.13. The number of anilines is 2. The third-order valence-corrected chi connectivity index (χ3v) is 4.81. The van der Waals surface area contributed by atoms with Gasteiger partial charge in [-0.15, -0.1) is 0 Å². The molecule has 2 aromatic rings. The molecule has 0 saturated carbocycles. The van der Waals surface area contributed by atoms with E-state index >= 15 is 4.39 Å². The van der Waals surface area contributed by atoms with Gasteiger partial charge >= 0.3 is 12.1 Å². The quantitative estimate of drug-likeness (QED) is 0.784. The van der Waals surface area contributed by atoms with E-state index in [9.17, 15) is 9.59 Å². The van der Waals surface area contributed by atoms with E-state index in [1.165, 1.54) is 0 Å². The fraction of sp³-hybridized carbons (Fsp3) is 0.381. The molecule has 0 spiro atoms. The summed E-state index contributed by atoms with van der Waals surface area (Å²) in [6, 6.07) is 8.21. The maximum atomic E-state index is 15.0. The van der Waals surface area contributed by atoms with E-state index in [1.54, 1.807) is 48.4 Å². The van der Waals surface area contributed by atoms with E-state index < -0.39 is 6.03 Å². The smallest absolute Gasteiger partial charge is 0.409 e. The van der Waals surface area contributed by atoms with Crippen molar-refractivity contribution in [1.29, 1.82) is 0 Å². The summed E-state index contributed by atoms with van der Waals surface area (Å²) in [7, 11) is 0. The van der Waals surface area contributed by atoms with Crippen LogP contribution in [0.1, 0.15) is 18.2 Å². The van der Waals surface area contributed by atoms with Gasteiger partial charge in [0.15, 0.2) is 5.82 Å². The van der Waals surface area contributed by atoms with E-state index in [0.717, 1.165) is 5.69 Å². The van der Waals surface area contributed by atoms with Crippen LogP contribution in [0.5, 0.6) is 0 Å². The van der Waals surface area contributed by atoms with Crippen molar-refractivity contribution in [3.8, 4) is 0 Å². The lowest BCUT2D eigenvalue weighted by Gasteiger charge is -2.35. The Hall–Kier alpha value is -3.36. The number of aromatic nitrogens is 1. The van der Waals surface area contributed by atoms with Gasteiger partial charge in [-0.25, -0.2) is 14.0 Å². The minimum absolute atomic E-state index is 0.0492. The average Bonchev–Trinajstić information content (AvgIpc) is 2.75. The summed E-state index contributed by atoms with van der Waals surface area (Å²) in [5.41, 5.74) is 2.26. The monoisotopic (exact) mass is 415 g/mol. The zero-order chi connectivity index (χ0) is 21.5. The molecule has 8 nitrogen and oxygen atoms in total. The first kappa shape index (κ1) is 21.4. The molecule has 3 amide bonds. The van der Waals surface area contributed by atoms with Crippen LogP contribution >= 0.6 is 0 Å². The fourth-order valence-electron chi connectivity index (χ4n) is 3.18. The lowest BCUT2D eigenvalue weighted by Crippen LogP contribution is -2.49. The third-order valence-electron chi connectivity index (χ3n) is 4.81. The van der Waals surface area contributed by atoms with Gasteiger partial charge in [0.05, 0.1) is 24.2 Å². The molecule has 2 N–H and O–H groups in total. The van der Waals surface area contributed by atoms with E-state index in [1.807, 2.05) is 11.8 Å². The van der Waals surface area contributed by atoms with Crippen molar-refractivity contribution in [1.82, 2.24) is 15.2 Å². The normalized spacial score (nSPS) is 13.7. The number of amides is 3. The summed E-state index contributed by atoms with van der Waals surface area (Å²) >= 11 is 0. The minimum atomic E-state index is -0.437. The van der Waals surface area contributed by atoms with Gasteiger partial charge in [0.1, 0.15) is 0 Å². The van der Waals surface area contributed by atoms with Crippen molar-refractivity contribution in [3.63, 3.8) is 0 Å². The highest BCUT2D eigenvalue weighted by Gasteiger charge is 2.24. The van der Waals surface area contributed by atoms with Crippen LogP contribution in [-0.4, -0.2) is 54.8 Å². The van der Waals surface area contributed by atoms with Gasteiger partial charge in [0.2, 0.25) is 0 Å². The van der Waals surface area contributed by atoms with Crippen molar-refractivity contribution in [3.05, 3.63) is 53.6 Å². The summed E-state index contributed by atoms with van der Waals surface area (Å²) in [6.07, 6.45) is 1.22. The summed E-state index contributed by atoms with van der Waals surface area (Å²) in [5, 5.41) is 5.33. The van der Waals surface area contributed by atoms with Gasteiger partial charge in [-0.1, -0.05) is 12.1 Å². The SMILES string of the molecule is CCOC(=O)N1CCN(c2cccc(CNC(=O)Nc3ccc(C)nc3)c2F)CC1. The second-order valence-corrected chi connectivity index (χ2v) is 6.92. The first-order chi connectivity index (χ1) is 14.5. The third kappa shape index (κ3) is 5.37. The number of pyridine rings is 1. The molecule has 1 aromatic heterocycles. The Morgan fingerprint density at radius 1 is 1.17 bits per heavy atom. The lowest BCUT2D eigenvalue weighted by atomic mass is 10.1. The second-order valence-electron chi connectivity index (χ2n) is 6.92. The molecular weight excluding hydrogens is 389 g/mol. The summed E-state index contributed by atoms with van der Waals surface area (Å²) in [6.45, 7) is 5.95. The molecule has 160 valence electrons. The molecular formula is C21H26FN5O3. The first-order valence-corrected chi connectivity index (χ1v) is 9.89.